The molecule has 1 unspecified atom stereocenters. The quantitative estimate of drug-likeness (QED) is 0.877. The van der Waals surface area contributed by atoms with E-state index in [4.69, 9.17) is 4.74 Å². The van der Waals surface area contributed by atoms with Crippen molar-refractivity contribution in [1.82, 2.24) is 5.32 Å². The molecule has 3 heteroatoms. The number of benzene rings is 1. The van der Waals surface area contributed by atoms with Crippen LogP contribution in [0.3, 0.4) is 0 Å². The lowest BCUT2D eigenvalue weighted by atomic mass is 9.84. The van der Waals surface area contributed by atoms with Crippen LogP contribution in [-0.4, -0.2) is 19.7 Å². The summed E-state index contributed by atoms with van der Waals surface area (Å²) in [6.45, 7) is 2.54. The maximum atomic E-state index is 13.0. The number of aryl methyl sites for hydroxylation is 1. The molecule has 1 aromatic rings. The molecular formula is C16H24FNO. The number of ether oxygens (including phenoxy) is 1. The predicted molar refractivity (Wildman–Crippen MR) is 76.1 cm³/mol. The van der Waals surface area contributed by atoms with Gasteiger partial charge in [0.25, 0.3) is 0 Å². The number of hydrogen-bond donors (Lipinski definition) is 1. The van der Waals surface area contributed by atoms with Gasteiger partial charge >= 0.3 is 0 Å². The van der Waals surface area contributed by atoms with Crippen LogP contribution in [-0.2, 0) is 0 Å². The fraction of sp³-hybridized carbons (Fsp3) is 0.625. The van der Waals surface area contributed by atoms with Gasteiger partial charge in [-0.3, -0.25) is 0 Å². The molecule has 1 aliphatic carbocycles. The average Bonchev–Trinajstić information content (AvgIpc) is 2.43. The number of likely N-dealkylation sites (N-methyl/N-ethyl adjacent to an activating group) is 1. The van der Waals surface area contributed by atoms with Gasteiger partial charge in [-0.1, -0.05) is 19.3 Å². The van der Waals surface area contributed by atoms with E-state index in [2.05, 4.69) is 5.32 Å². The summed E-state index contributed by atoms with van der Waals surface area (Å²) in [5, 5.41) is 3.37. The average molecular weight is 265 g/mol. The van der Waals surface area contributed by atoms with Gasteiger partial charge in [0.05, 0.1) is 0 Å². The van der Waals surface area contributed by atoms with E-state index < -0.39 is 0 Å². The first-order valence-corrected chi connectivity index (χ1v) is 7.27. The molecule has 0 saturated heterocycles. The molecule has 0 radical (unpaired) electrons. The summed E-state index contributed by atoms with van der Waals surface area (Å²) in [4.78, 5) is 0. The third kappa shape index (κ3) is 3.93. The Morgan fingerprint density at radius 3 is 2.68 bits per heavy atom. The lowest BCUT2D eigenvalue weighted by Gasteiger charge is -2.30. The highest BCUT2D eigenvalue weighted by atomic mass is 19.1. The van der Waals surface area contributed by atoms with Gasteiger partial charge in [-0.05, 0) is 56.5 Å². The van der Waals surface area contributed by atoms with Crippen molar-refractivity contribution in [2.45, 2.75) is 45.1 Å². The second-order valence-corrected chi connectivity index (χ2v) is 5.51. The maximum Gasteiger partial charge on any atom is 0.123 e. The Morgan fingerprint density at radius 1 is 1.32 bits per heavy atom. The molecule has 1 aliphatic rings. The summed E-state index contributed by atoms with van der Waals surface area (Å²) in [5.74, 6) is 1.29. The third-order valence-electron chi connectivity index (χ3n) is 4.15. The molecular weight excluding hydrogens is 241 g/mol. The molecule has 1 atom stereocenters. The predicted octanol–water partition coefficient (Wildman–Crippen LogP) is 3.68. The third-order valence-corrected chi connectivity index (χ3v) is 4.15. The summed E-state index contributed by atoms with van der Waals surface area (Å²) < 4.78 is 18.9. The summed E-state index contributed by atoms with van der Waals surface area (Å²) in [5.41, 5.74) is 0.860. The van der Waals surface area contributed by atoms with E-state index in [9.17, 15) is 4.39 Å². The van der Waals surface area contributed by atoms with Crippen LogP contribution in [0.5, 0.6) is 5.75 Å². The van der Waals surface area contributed by atoms with Gasteiger partial charge in [0.2, 0.25) is 0 Å². The van der Waals surface area contributed by atoms with E-state index in [1.807, 2.05) is 14.0 Å². The Bertz CT molecular complexity index is 402. The topological polar surface area (TPSA) is 21.3 Å². The standard InChI is InChI=1S/C16H24FNO/c1-12-10-14(17)8-9-16(12)19-11-15(18-2)13-6-4-3-5-7-13/h8-10,13,15,18H,3-7,11H2,1-2H3. The van der Waals surface area contributed by atoms with E-state index in [0.29, 0.717) is 18.6 Å². The molecule has 0 aromatic heterocycles. The highest BCUT2D eigenvalue weighted by Crippen LogP contribution is 2.27. The molecule has 19 heavy (non-hydrogen) atoms. The highest BCUT2D eigenvalue weighted by molar-refractivity contribution is 5.32. The lowest BCUT2D eigenvalue weighted by Crippen LogP contribution is -2.39. The van der Waals surface area contributed by atoms with E-state index in [-0.39, 0.29) is 5.82 Å². The summed E-state index contributed by atoms with van der Waals surface area (Å²) in [7, 11) is 2.00. The van der Waals surface area contributed by atoms with E-state index in [1.54, 1.807) is 6.07 Å². The molecule has 1 aromatic carbocycles. The molecule has 2 rings (SSSR count). The van der Waals surface area contributed by atoms with Crippen molar-refractivity contribution in [1.29, 1.82) is 0 Å². The van der Waals surface area contributed by atoms with Crippen LogP contribution >= 0.6 is 0 Å². The minimum Gasteiger partial charge on any atom is -0.492 e. The van der Waals surface area contributed by atoms with Gasteiger partial charge in [0, 0.05) is 6.04 Å². The van der Waals surface area contributed by atoms with Gasteiger partial charge in [-0.15, -0.1) is 0 Å². The first-order valence-electron chi connectivity index (χ1n) is 7.27. The summed E-state index contributed by atoms with van der Waals surface area (Å²) in [6, 6.07) is 5.09. The molecule has 106 valence electrons. The summed E-state index contributed by atoms with van der Waals surface area (Å²) in [6.07, 6.45) is 6.61. The van der Waals surface area contributed by atoms with Crippen LogP contribution in [0.2, 0.25) is 0 Å². The second-order valence-electron chi connectivity index (χ2n) is 5.51. The minimum absolute atomic E-state index is 0.206. The Labute approximate surface area is 115 Å². The Hall–Kier alpha value is -1.09. The van der Waals surface area contributed by atoms with Crippen LogP contribution < -0.4 is 10.1 Å². The van der Waals surface area contributed by atoms with Gasteiger partial charge in [0.1, 0.15) is 18.2 Å². The largest absolute Gasteiger partial charge is 0.492 e. The number of hydrogen-bond acceptors (Lipinski definition) is 2. The molecule has 0 spiro atoms. The minimum atomic E-state index is -0.206. The molecule has 2 nitrogen and oxygen atoms in total. The van der Waals surface area contributed by atoms with Crippen LogP contribution in [0.4, 0.5) is 4.39 Å². The van der Waals surface area contributed by atoms with Crippen LogP contribution in [0.15, 0.2) is 18.2 Å². The number of rotatable bonds is 5. The number of halogens is 1. The van der Waals surface area contributed by atoms with E-state index in [1.165, 1.54) is 44.2 Å². The monoisotopic (exact) mass is 265 g/mol. The van der Waals surface area contributed by atoms with E-state index in [0.717, 1.165) is 11.3 Å². The molecule has 0 aliphatic heterocycles. The first kappa shape index (κ1) is 14.3. The molecule has 1 N–H and O–H groups in total. The molecule has 1 saturated carbocycles. The van der Waals surface area contributed by atoms with E-state index >= 15 is 0 Å². The van der Waals surface area contributed by atoms with Crippen molar-refractivity contribution < 1.29 is 9.13 Å². The van der Waals surface area contributed by atoms with Gasteiger partial charge in [-0.2, -0.15) is 0 Å². The fourth-order valence-electron chi connectivity index (χ4n) is 2.95. The fourth-order valence-corrected chi connectivity index (χ4v) is 2.95. The Balaban J connectivity index is 1.91. The number of nitrogens with one attached hydrogen (secondary N) is 1. The Kier molecular flexibility index (Phi) is 5.20. The summed E-state index contributed by atoms with van der Waals surface area (Å²) >= 11 is 0. The zero-order chi connectivity index (χ0) is 13.7. The van der Waals surface area contributed by atoms with Gasteiger partial charge in [0.15, 0.2) is 0 Å². The molecule has 0 bridgehead atoms. The van der Waals surface area contributed by atoms with Crippen molar-refractivity contribution in [2.24, 2.45) is 5.92 Å². The zero-order valence-electron chi connectivity index (χ0n) is 11.9. The normalized spacial score (nSPS) is 18.3. The SMILES string of the molecule is CNC(COc1ccc(F)cc1C)C1CCCCC1. The highest BCUT2D eigenvalue weighted by Gasteiger charge is 2.22. The van der Waals surface area contributed by atoms with Gasteiger partial charge in [-0.25, -0.2) is 4.39 Å². The zero-order valence-corrected chi connectivity index (χ0v) is 11.9. The van der Waals surface area contributed by atoms with Gasteiger partial charge < -0.3 is 10.1 Å². The van der Waals surface area contributed by atoms with Crippen molar-refractivity contribution in [3.8, 4) is 5.75 Å². The first-order chi connectivity index (χ1) is 9.20. The van der Waals surface area contributed by atoms with Crippen molar-refractivity contribution in [3.05, 3.63) is 29.6 Å². The molecule has 0 heterocycles. The lowest BCUT2D eigenvalue weighted by molar-refractivity contribution is 0.192. The van der Waals surface area contributed by atoms with Crippen molar-refractivity contribution in [2.75, 3.05) is 13.7 Å². The maximum absolute atomic E-state index is 13.0. The van der Waals surface area contributed by atoms with Crippen LogP contribution in [0.1, 0.15) is 37.7 Å². The molecule has 0 amide bonds. The molecule has 1 fully saturated rings. The van der Waals surface area contributed by atoms with Crippen molar-refractivity contribution in [3.63, 3.8) is 0 Å². The second kappa shape index (κ2) is 6.90. The van der Waals surface area contributed by atoms with Crippen LogP contribution in [0, 0.1) is 18.7 Å². The smallest absolute Gasteiger partial charge is 0.123 e. The van der Waals surface area contributed by atoms with Crippen LogP contribution in [0.25, 0.3) is 0 Å². The van der Waals surface area contributed by atoms with Crippen molar-refractivity contribution >= 4 is 0 Å². The Morgan fingerprint density at radius 2 is 2.05 bits per heavy atom.